The molecule has 0 saturated carbocycles. The minimum Gasteiger partial charge on any atom is -0.355 e. The zero-order valence-electron chi connectivity index (χ0n) is 15.8. The van der Waals surface area contributed by atoms with Crippen molar-refractivity contribution in [3.63, 3.8) is 0 Å². The molecule has 2 heterocycles. The van der Waals surface area contributed by atoms with Crippen LogP contribution in [0, 0.1) is 5.92 Å². The lowest BCUT2D eigenvalue weighted by Gasteiger charge is -2.38. The molecule has 4 amide bonds. The molecular weight excluding hydrogens is 344 g/mol. The first-order chi connectivity index (χ1) is 13.1. The Morgan fingerprint density at radius 2 is 1.93 bits per heavy atom. The maximum atomic E-state index is 13.3. The summed E-state index contributed by atoms with van der Waals surface area (Å²) >= 11 is 0. The summed E-state index contributed by atoms with van der Waals surface area (Å²) in [5.74, 6) is -0.509. The number of carbonyl (C=O) groups is 3. The van der Waals surface area contributed by atoms with Crippen LogP contribution in [0.4, 0.5) is 4.79 Å². The standard InChI is InChI=1S/C20H28N4O3/c1-2-22-17(25)14-24-18(26)20(23-19(24)27,16-9-12-21-13-10-16)11-8-15-6-4-3-5-7-15/h3-7,16,21H,2,8-14H2,1H3,(H,22,25)(H,23,27)/t20-/m0/s1. The van der Waals surface area contributed by atoms with Gasteiger partial charge >= 0.3 is 6.03 Å². The van der Waals surface area contributed by atoms with Gasteiger partial charge in [-0.2, -0.15) is 0 Å². The van der Waals surface area contributed by atoms with Crippen LogP contribution in [0.3, 0.4) is 0 Å². The normalized spacial score (nSPS) is 23.4. The maximum absolute atomic E-state index is 13.3. The van der Waals surface area contributed by atoms with Crippen molar-refractivity contribution in [1.29, 1.82) is 0 Å². The highest BCUT2D eigenvalue weighted by atomic mass is 16.2. The maximum Gasteiger partial charge on any atom is 0.325 e. The fourth-order valence-corrected chi connectivity index (χ4v) is 4.14. The number of benzene rings is 1. The van der Waals surface area contributed by atoms with E-state index < -0.39 is 11.6 Å². The molecule has 27 heavy (non-hydrogen) atoms. The molecule has 0 radical (unpaired) electrons. The van der Waals surface area contributed by atoms with Crippen LogP contribution in [0.25, 0.3) is 0 Å². The molecule has 7 heteroatoms. The number of likely N-dealkylation sites (N-methyl/N-ethyl adjacent to an activating group) is 1. The summed E-state index contributed by atoms with van der Waals surface area (Å²) in [4.78, 5) is 39.0. The Morgan fingerprint density at radius 3 is 2.59 bits per heavy atom. The highest BCUT2D eigenvalue weighted by Gasteiger charge is 2.55. The predicted octanol–water partition coefficient (Wildman–Crippen LogP) is 1.05. The van der Waals surface area contributed by atoms with Gasteiger partial charge in [0.1, 0.15) is 12.1 Å². The zero-order valence-corrected chi connectivity index (χ0v) is 15.8. The number of hydrogen-bond acceptors (Lipinski definition) is 4. The van der Waals surface area contributed by atoms with Crippen LogP contribution in [0.5, 0.6) is 0 Å². The molecule has 0 aliphatic carbocycles. The van der Waals surface area contributed by atoms with Crippen molar-refractivity contribution in [2.24, 2.45) is 5.92 Å². The van der Waals surface area contributed by atoms with Gasteiger partial charge in [0.2, 0.25) is 5.91 Å². The second kappa shape index (κ2) is 8.52. The van der Waals surface area contributed by atoms with Crippen LogP contribution < -0.4 is 16.0 Å². The molecule has 1 aromatic carbocycles. The fourth-order valence-electron chi connectivity index (χ4n) is 4.14. The van der Waals surface area contributed by atoms with Gasteiger partial charge in [-0.1, -0.05) is 30.3 Å². The van der Waals surface area contributed by atoms with Crippen molar-refractivity contribution >= 4 is 17.8 Å². The lowest BCUT2D eigenvalue weighted by Crippen LogP contribution is -2.56. The van der Waals surface area contributed by atoms with E-state index in [9.17, 15) is 14.4 Å². The van der Waals surface area contributed by atoms with E-state index in [0.717, 1.165) is 36.4 Å². The van der Waals surface area contributed by atoms with E-state index in [4.69, 9.17) is 0 Å². The smallest absolute Gasteiger partial charge is 0.325 e. The van der Waals surface area contributed by atoms with Crippen LogP contribution in [0.2, 0.25) is 0 Å². The van der Waals surface area contributed by atoms with Gasteiger partial charge in [-0.25, -0.2) is 4.79 Å². The van der Waals surface area contributed by atoms with E-state index in [1.54, 1.807) is 0 Å². The van der Waals surface area contributed by atoms with Crippen LogP contribution in [0.1, 0.15) is 31.7 Å². The van der Waals surface area contributed by atoms with Crippen molar-refractivity contribution in [1.82, 2.24) is 20.9 Å². The molecule has 0 bridgehead atoms. The highest BCUT2D eigenvalue weighted by molar-refractivity contribution is 6.09. The molecule has 1 atom stereocenters. The van der Waals surface area contributed by atoms with Gasteiger partial charge in [0, 0.05) is 6.54 Å². The van der Waals surface area contributed by atoms with E-state index in [1.165, 1.54) is 0 Å². The van der Waals surface area contributed by atoms with E-state index in [1.807, 2.05) is 37.3 Å². The van der Waals surface area contributed by atoms with Crippen LogP contribution in [0.15, 0.2) is 30.3 Å². The third-order valence-corrected chi connectivity index (χ3v) is 5.56. The second-order valence-corrected chi connectivity index (χ2v) is 7.26. The Morgan fingerprint density at radius 1 is 1.22 bits per heavy atom. The molecule has 2 saturated heterocycles. The Balaban J connectivity index is 1.82. The number of amides is 4. The molecule has 7 nitrogen and oxygen atoms in total. The van der Waals surface area contributed by atoms with Gasteiger partial charge in [-0.05, 0) is 57.2 Å². The Kier molecular flexibility index (Phi) is 6.11. The van der Waals surface area contributed by atoms with E-state index in [0.29, 0.717) is 19.4 Å². The lowest BCUT2D eigenvalue weighted by molar-refractivity contribution is -0.137. The Bertz CT molecular complexity index is 688. The van der Waals surface area contributed by atoms with Crippen LogP contribution in [-0.4, -0.2) is 54.5 Å². The number of nitrogens with one attached hydrogen (secondary N) is 3. The third-order valence-electron chi connectivity index (χ3n) is 5.56. The number of piperidine rings is 1. The third kappa shape index (κ3) is 4.13. The van der Waals surface area contributed by atoms with Crippen molar-refractivity contribution in [2.45, 2.75) is 38.1 Å². The van der Waals surface area contributed by atoms with E-state index in [2.05, 4.69) is 16.0 Å². The van der Waals surface area contributed by atoms with E-state index in [-0.39, 0.29) is 24.3 Å². The minimum atomic E-state index is -0.929. The Hall–Kier alpha value is -2.41. The van der Waals surface area contributed by atoms with Crippen molar-refractivity contribution in [3.05, 3.63) is 35.9 Å². The molecule has 2 aliphatic rings. The largest absolute Gasteiger partial charge is 0.355 e. The van der Waals surface area contributed by atoms with Gasteiger partial charge < -0.3 is 16.0 Å². The van der Waals surface area contributed by atoms with Crippen molar-refractivity contribution in [2.75, 3.05) is 26.2 Å². The van der Waals surface area contributed by atoms with Crippen LogP contribution in [-0.2, 0) is 16.0 Å². The lowest BCUT2D eigenvalue weighted by atomic mass is 9.74. The Labute approximate surface area is 159 Å². The SMILES string of the molecule is CCNC(=O)CN1C(=O)N[C@@](CCc2ccccc2)(C2CCNCC2)C1=O. The van der Waals surface area contributed by atoms with Gasteiger partial charge in [-0.3, -0.25) is 14.5 Å². The van der Waals surface area contributed by atoms with Gasteiger partial charge in [0.25, 0.3) is 5.91 Å². The summed E-state index contributed by atoms with van der Waals surface area (Å²) in [6.07, 6.45) is 2.90. The first-order valence-corrected chi connectivity index (χ1v) is 9.72. The summed E-state index contributed by atoms with van der Waals surface area (Å²) in [6.45, 7) is 3.71. The molecule has 1 aromatic rings. The van der Waals surface area contributed by atoms with Crippen molar-refractivity contribution in [3.8, 4) is 0 Å². The summed E-state index contributed by atoms with van der Waals surface area (Å²) in [6, 6.07) is 9.51. The van der Waals surface area contributed by atoms with Crippen molar-refractivity contribution < 1.29 is 14.4 Å². The zero-order chi connectivity index (χ0) is 19.3. The molecule has 2 aliphatic heterocycles. The number of rotatable bonds is 7. The first-order valence-electron chi connectivity index (χ1n) is 9.72. The topological polar surface area (TPSA) is 90.5 Å². The minimum absolute atomic E-state index is 0.0677. The first kappa shape index (κ1) is 19.4. The molecule has 3 N–H and O–H groups in total. The number of aryl methyl sites for hydroxylation is 1. The number of urea groups is 1. The summed E-state index contributed by atoms with van der Waals surface area (Å²) in [5, 5.41) is 8.95. The molecular formula is C20H28N4O3. The monoisotopic (exact) mass is 372 g/mol. The molecule has 0 unspecified atom stereocenters. The fraction of sp³-hybridized carbons (Fsp3) is 0.550. The number of nitrogens with zero attached hydrogens (tertiary/aromatic N) is 1. The molecule has 0 spiro atoms. The van der Waals surface area contributed by atoms with Gasteiger partial charge in [0.05, 0.1) is 0 Å². The molecule has 2 fully saturated rings. The summed E-state index contributed by atoms with van der Waals surface area (Å²) in [7, 11) is 0. The number of imide groups is 1. The van der Waals surface area contributed by atoms with E-state index >= 15 is 0 Å². The average molecular weight is 372 g/mol. The highest BCUT2D eigenvalue weighted by Crippen LogP contribution is 2.35. The molecule has 146 valence electrons. The van der Waals surface area contributed by atoms with Gasteiger partial charge in [0.15, 0.2) is 0 Å². The number of hydrogen-bond donors (Lipinski definition) is 3. The number of carbonyl (C=O) groups excluding carboxylic acids is 3. The summed E-state index contributed by atoms with van der Waals surface area (Å²) < 4.78 is 0. The quantitative estimate of drug-likeness (QED) is 0.624. The molecule has 0 aromatic heterocycles. The molecule has 3 rings (SSSR count). The van der Waals surface area contributed by atoms with Gasteiger partial charge in [-0.15, -0.1) is 0 Å². The second-order valence-electron chi connectivity index (χ2n) is 7.26. The van der Waals surface area contributed by atoms with Crippen LogP contribution >= 0.6 is 0 Å². The summed E-state index contributed by atoms with van der Waals surface area (Å²) in [5.41, 5.74) is 0.205. The average Bonchev–Trinajstić information content (AvgIpc) is 2.93. The predicted molar refractivity (Wildman–Crippen MR) is 102 cm³/mol.